The SMILES string of the molecule is CCOc1ccccc1NC(=O)N1CCc2c([nH]c3ccc(Cl)cc23)[C@@H]1c1ccc(C)cc1. The molecule has 0 unspecified atom stereocenters. The van der Waals surface area contributed by atoms with Crippen molar-refractivity contribution in [3.63, 3.8) is 0 Å². The van der Waals surface area contributed by atoms with E-state index in [-0.39, 0.29) is 12.1 Å². The summed E-state index contributed by atoms with van der Waals surface area (Å²) >= 11 is 6.30. The summed E-state index contributed by atoms with van der Waals surface area (Å²) < 4.78 is 5.71. The van der Waals surface area contributed by atoms with Gasteiger partial charge < -0.3 is 19.9 Å². The molecule has 1 aromatic heterocycles. The van der Waals surface area contributed by atoms with Crippen LogP contribution in [-0.2, 0) is 6.42 Å². The molecule has 2 amide bonds. The molecule has 0 aliphatic carbocycles. The highest BCUT2D eigenvalue weighted by molar-refractivity contribution is 6.31. The smallest absolute Gasteiger partial charge is 0.322 e. The molecule has 4 aromatic rings. The third-order valence-electron chi connectivity index (χ3n) is 6.17. The summed E-state index contributed by atoms with van der Waals surface area (Å²) in [6.45, 7) is 5.12. The number of halogens is 1. The number of carbonyl (C=O) groups is 1. The van der Waals surface area contributed by atoms with E-state index < -0.39 is 0 Å². The number of aromatic amines is 1. The molecule has 0 radical (unpaired) electrons. The van der Waals surface area contributed by atoms with Crippen molar-refractivity contribution in [2.24, 2.45) is 0 Å². The molecule has 1 aliphatic rings. The predicted molar refractivity (Wildman–Crippen MR) is 133 cm³/mol. The number of fused-ring (bicyclic) bond motifs is 3. The van der Waals surface area contributed by atoms with Gasteiger partial charge in [-0.2, -0.15) is 0 Å². The van der Waals surface area contributed by atoms with Gasteiger partial charge >= 0.3 is 6.03 Å². The zero-order chi connectivity index (χ0) is 22.9. The Morgan fingerprint density at radius 2 is 1.94 bits per heavy atom. The predicted octanol–water partition coefficient (Wildman–Crippen LogP) is 6.71. The van der Waals surface area contributed by atoms with Gasteiger partial charge in [0, 0.05) is 28.2 Å². The van der Waals surface area contributed by atoms with Gasteiger partial charge in [0.25, 0.3) is 0 Å². The molecule has 3 aromatic carbocycles. The van der Waals surface area contributed by atoms with E-state index in [9.17, 15) is 4.79 Å². The molecule has 0 saturated heterocycles. The minimum atomic E-state index is -0.236. The highest BCUT2D eigenvalue weighted by atomic mass is 35.5. The summed E-state index contributed by atoms with van der Waals surface area (Å²) in [5, 5.41) is 4.91. The number of aromatic nitrogens is 1. The summed E-state index contributed by atoms with van der Waals surface area (Å²) in [6, 6.07) is 21.4. The van der Waals surface area contributed by atoms with E-state index >= 15 is 0 Å². The Bertz CT molecular complexity index is 1310. The van der Waals surface area contributed by atoms with Crippen molar-refractivity contribution < 1.29 is 9.53 Å². The van der Waals surface area contributed by atoms with Gasteiger partial charge in [-0.3, -0.25) is 0 Å². The molecule has 0 bridgehead atoms. The van der Waals surface area contributed by atoms with Crippen LogP contribution in [0.15, 0.2) is 66.7 Å². The fourth-order valence-electron chi connectivity index (χ4n) is 4.61. The van der Waals surface area contributed by atoms with Crippen LogP contribution >= 0.6 is 11.6 Å². The highest BCUT2D eigenvalue weighted by Gasteiger charge is 2.35. The molecule has 0 saturated carbocycles. The first-order valence-electron chi connectivity index (χ1n) is 11.2. The molecule has 1 aliphatic heterocycles. The van der Waals surface area contributed by atoms with Gasteiger partial charge in [0.1, 0.15) is 5.75 Å². The van der Waals surface area contributed by atoms with Crippen LogP contribution in [0.4, 0.5) is 10.5 Å². The second kappa shape index (κ2) is 8.83. The van der Waals surface area contributed by atoms with E-state index in [1.807, 2.05) is 54.3 Å². The first-order chi connectivity index (χ1) is 16.0. The number of benzene rings is 3. The lowest BCUT2D eigenvalue weighted by atomic mass is 9.92. The fourth-order valence-corrected chi connectivity index (χ4v) is 4.79. The first-order valence-corrected chi connectivity index (χ1v) is 11.6. The molecule has 5 nitrogen and oxygen atoms in total. The maximum absolute atomic E-state index is 13.6. The van der Waals surface area contributed by atoms with Crippen LogP contribution in [-0.4, -0.2) is 29.1 Å². The maximum Gasteiger partial charge on any atom is 0.322 e. The standard InChI is InChI=1S/C27H26ClN3O2/c1-3-33-24-7-5-4-6-23(24)30-27(32)31-15-14-20-21-16-19(28)12-13-22(21)29-25(20)26(31)18-10-8-17(2)9-11-18/h4-13,16,26,29H,3,14-15H2,1-2H3,(H,30,32)/t26-/m0/s1. The van der Waals surface area contributed by atoms with Gasteiger partial charge in [0.05, 0.1) is 18.3 Å². The van der Waals surface area contributed by atoms with E-state index in [4.69, 9.17) is 16.3 Å². The molecular formula is C27H26ClN3O2. The Morgan fingerprint density at radius 1 is 1.15 bits per heavy atom. The largest absolute Gasteiger partial charge is 0.492 e. The van der Waals surface area contributed by atoms with Crippen LogP contribution in [0.1, 0.15) is 35.3 Å². The average Bonchev–Trinajstić information content (AvgIpc) is 3.18. The first kappa shape index (κ1) is 21.4. The number of rotatable bonds is 4. The Morgan fingerprint density at radius 3 is 2.73 bits per heavy atom. The van der Waals surface area contributed by atoms with Gasteiger partial charge in [-0.25, -0.2) is 4.79 Å². The second-order valence-electron chi connectivity index (χ2n) is 8.32. The van der Waals surface area contributed by atoms with Crippen molar-refractivity contribution in [2.45, 2.75) is 26.3 Å². The van der Waals surface area contributed by atoms with Crippen molar-refractivity contribution in [3.8, 4) is 5.75 Å². The number of urea groups is 1. The van der Waals surface area contributed by atoms with Gasteiger partial charge in [-0.15, -0.1) is 0 Å². The van der Waals surface area contributed by atoms with Crippen LogP contribution in [0.25, 0.3) is 10.9 Å². The molecule has 33 heavy (non-hydrogen) atoms. The Hall–Kier alpha value is -3.44. The molecule has 0 fully saturated rings. The minimum absolute atomic E-state index is 0.157. The lowest BCUT2D eigenvalue weighted by molar-refractivity contribution is 0.193. The third-order valence-corrected chi connectivity index (χ3v) is 6.41. The molecule has 2 heterocycles. The summed E-state index contributed by atoms with van der Waals surface area (Å²) in [7, 11) is 0. The zero-order valence-electron chi connectivity index (χ0n) is 18.7. The topological polar surface area (TPSA) is 57.4 Å². The number of anilines is 1. The molecule has 5 rings (SSSR count). The van der Waals surface area contributed by atoms with Crippen LogP contribution in [0.2, 0.25) is 5.02 Å². The molecule has 6 heteroatoms. The third kappa shape index (κ3) is 4.05. The van der Waals surface area contributed by atoms with Crippen molar-refractivity contribution in [1.82, 2.24) is 9.88 Å². The number of amides is 2. The molecular weight excluding hydrogens is 434 g/mol. The van der Waals surface area contributed by atoms with E-state index in [2.05, 4.69) is 41.5 Å². The number of hydrogen-bond acceptors (Lipinski definition) is 2. The van der Waals surface area contributed by atoms with Gasteiger partial charge in [0.15, 0.2) is 0 Å². The number of para-hydroxylation sites is 2. The number of carbonyl (C=O) groups excluding carboxylic acids is 1. The van der Waals surface area contributed by atoms with E-state index in [0.29, 0.717) is 29.6 Å². The summed E-state index contributed by atoms with van der Waals surface area (Å²) in [6.07, 6.45) is 0.749. The Labute approximate surface area is 198 Å². The quantitative estimate of drug-likeness (QED) is 0.356. The lowest BCUT2D eigenvalue weighted by Gasteiger charge is -2.36. The number of aryl methyl sites for hydroxylation is 1. The van der Waals surface area contributed by atoms with E-state index in [0.717, 1.165) is 28.6 Å². The Balaban J connectivity index is 1.56. The van der Waals surface area contributed by atoms with Gasteiger partial charge in [0.2, 0.25) is 0 Å². The normalized spacial score (nSPS) is 15.4. The van der Waals surface area contributed by atoms with Crippen molar-refractivity contribution in [1.29, 1.82) is 0 Å². The van der Waals surface area contributed by atoms with Crippen molar-refractivity contribution in [2.75, 3.05) is 18.5 Å². The van der Waals surface area contributed by atoms with Crippen LogP contribution in [0.5, 0.6) is 5.75 Å². The van der Waals surface area contributed by atoms with Crippen molar-refractivity contribution >= 4 is 34.2 Å². The average molecular weight is 460 g/mol. The van der Waals surface area contributed by atoms with E-state index in [1.165, 1.54) is 11.1 Å². The fraction of sp³-hybridized carbons (Fsp3) is 0.222. The highest BCUT2D eigenvalue weighted by Crippen LogP contribution is 2.39. The number of hydrogen-bond donors (Lipinski definition) is 2. The van der Waals surface area contributed by atoms with Crippen LogP contribution in [0.3, 0.4) is 0 Å². The summed E-state index contributed by atoms with van der Waals surface area (Å²) in [5.41, 5.74) is 6.20. The molecule has 2 N–H and O–H groups in total. The minimum Gasteiger partial charge on any atom is -0.492 e. The number of nitrogens with one attached hydrogen (secondary N) is 2. The second-order valence-corrected chi connectivity index (χ2v) is 8.76. The zero-order valence-corrected chi connectivity index (χ0v) is 19.4. The van der Waals surface area contributed by atoms with Crippen LogP contribution in [0, 0.1) is 6.92 Å². The molecule has 0 spiro atoms. The number of ether oxygens (including phenoxy) is 1. The number of nitrogens with zero attached hydrogens (tertiary/aromatic N) is 1. The summed E-state index contributed by atoms with van der Waals surface area (Å²) in [4.78, 5) is 19.1. The summed E-state index contributed by atoms with van der Waals surface area (Å²) in [5.74, 6) is 0.665. The number of H-pyrrole nitrogens is 1. The molecule has 1 atom stereocenters. The maximum atomic E-state index is 13.6. The Kier molecular flexibility index (Phi) is 5.73. The lowest BCUT2D eigenvalue weighted by Crippen LogP contribution is -2.43. The van der Waals surface area contributed by atoms with Gasteiger partial charge in [-0.05, 0) is 61.7 Å². The van der Waals surface area contributed by atoms with Crippen molar-refractivity contribution in [3.05, 3.63) is 94.1 Å². The van der Waals surface area contributed by atoms with E-state index in [1.54, 1.807) is 0 Å². The monoisotopic (exact) mass is 459 g/mol. The van der Waals surface area contributed by atoms with Gasteiger partial charge in [-0.1, -0.05) is 53.6 Å². The van der Waals surface area contributed by atoms with Crippen LogP contribution < -0.4 is 10.1 Å². The molecule has 168 valence electrons.